The molecule has 0 saturated carbocycles. The Hall–Kier alpha value is -2.89. The minimum Gasteiger partial charge on any atom is -0.504 e. The predicted molar refractivity (Wildman–Crippen MR) is 101 cm³/mol. The molecular formula is C20H23FN2O3. The van der Waals surface area contributed by atoms with E-state index in [9.17, 15) is 19.1 Å². The molecule has 0 spiro atoms. The van der Waals surface area contributed by atoms with Crippen LogP contribution >= 0.6 is 0 Å². The summed E-state index contributed by atoms with van der Waals surface area (Å²) in [5, 5.41) is 12.1. The average Bonchev–Trinajstić information content (AvgIpc) is 2.56. The lowest BCUT2D eigenvalue weighted by Crippen LogP contribution is -2.28. The molecule has 1 amide bonds. The number of carbonyl (C=O) groups excluding carboxylic acids is 2. The van der Waals surface area contributed by atoms with E-state index in [-0.39, 0.29) is 16.5 Å². The second kappa shape index (κ2) is 7.56. The Kier molecular flexibility index (Phi) is 5.65. The van der Waals surface area contributed by atoms with Crippen molar-refractivity contribution in [3.8, 4) is 5.75 Å². The van der Waals surface area contributed by atoms with Gasteiger partial charge in [0.15, 0.2) is 17.9 Å². The smallest absolute Gasteiger partial charge is 0.255 e. The zero-order chi connectivity index (χ0) is 19.5. The number of halogens is 1. The molecule has 0 atom stereocenters. The Labute approximate surface area is 152 Å². The van der Waals surface area contributed by atoms with Crippen LogP contribution in [0.1, 0.15) is 41.5 Å². The van der Waals surface area contributed by atoms with E-state index in [2.05, 4.69) is 31.0 Å². The van der Waals surface area contributed by atoms with Crippen molar-refractivity contribution in [3.63, 3.8) is 0 Å². The highest BCUT2D eigenvalue weighted by Crippen LogP contribution is 2.24. The van der Waals surface area contributed by atoms with Gasteiger partial charge in [-0.2, -0.15) is 0 Å². The molecule has 0 aliphatic rings. The van der Waals surface area contributed by atoms with Crippen LogP contribution in [0, 0.1) is 11.2 Å². The van der Waals surface area contributed by atoms with Gasteiger partial charge in [-0.05, 0) is 41.8 Å². The first-order chi connectivity index (χ1) is 12.1. The zero-order valence-electron chi connectivity index (χ0n) is 15.3. The van der Waals surface area contributed by atoms with Crippen molar-refractivity contribution >= 4 is 23.6 Å². The lowest BCUT2D eigenvalue weighted by atomic mass is 9.96. The van der Waals surface area contributed by atoms with Gasteiger partial charge in [0.1, 0.15) is 0 Å². The Balaban J connectivity index is 2.13. The lowest BCUT2D eigenvalue weighted by molar-refractivity contribution is 0.102. The lowest BCUT2D eigenvalue weighted by Gasteiger charge is -2.28. The summed E-state index contributed by atoms with van der Waals surface area (Å²) in [7, 11) is 2.00. The number of hydrogen-bond acceptors (Lipinski definition) is 4. The van der Waals surface area contributed by atoms with Gasteiger partial charge in [0.25, 0.3) is 5.91 Å². The van der Waals surface area contributed by atoms with Gasteiger partial charge >= 0.3 is 0 Å². The topological polar surface area (TPSA) is 69.6 Å². The van der Waals surface area contributed by atoms with Crippen molar-refractivity contribution in [2.45, 2.75) is 20.8 Å². The van der Waals surface area contributed by atoms with E-state index in [0.717, 1.165) is 24.4 Å². The van der Waals surface area contributed by atoms with Gasteiger partial charge in [-0.25, -0.2) is 4.39 Å². The molecule has 2 rings (SSSR count). The normalized spacial score (nSPS) is 11.1. The van der Waals surface area contributed by atoms with E-state index < -0.39 is 17.5 Å². The summed E-state index contributed by atoms with van der Waals surface area (Å²) in [4.78, 5) is 25.2. The number of carbonyl (C=O) groups is 2. The number of aromatic hydroxyl groups is 1. The van der Waals surface area contributed by atoms with Crippen LogP contribution in [0.25, 0.3) is 0 Å². The van der Waals surface area contributed by atoms with Crippen molar-refractivity contribution in [1.29, 1.82) is 0 Å². The van der Waals surface area contributed by atoms with E-state index in [4.69, 9.17) is 0 Å². The van der Waals surface area contributed by atoms with Crippen LogP contribution < -0.4 is 10.2 Å². The number of nitrogens with one attached hydrogen (secondary N) is 1. The molecule has 138 valence electrons. The number of hydrogen-bond donors (Lipinski definition) is 2. The first-order valence-electron chi connectivity index (χ1n) is 8.21. The number of aldehydes is 1. The molecule has 0 saturated heterocycles. The summed E-state index contributed by atoms with van der Waals surface area (Å²) in [5.41, 5.74) is 1.40. The van der Waals surface area contributed by atoms with Crippen LogP contribution in [0.3, 0.4) is 0 Å². The maximum Gasteiger partial charge on any atom is 0.255 e. The van der Waals surface area contributed by atoms with Gasteiger partial charge in [-0.15, -0.1) is 0 Å². The molecule has 5 nitrogen and oxygen atoms in total. The van der Waals surface area contributed by atoms with E-state index >= 15 is 0 Å². The molecule has 2 N–H and O–H groups in total. The van der Waals surface area contributed by atoms with Gasteiger partial charge in [-0.1, -0.05) is 20.8 Å². The number of amides is 1. The van der Waals surface area contributed by atoms with E-state index in [1.54, 1.807) is 12.1 Å². The van der Waals surface area contributed by atoms with Crippen LogP contribution in [-0.2, 0) is 0 Å². The summed E-state index contributed by atoms with van der Waals surface area (Å²) in [6.07, 6.45) is 0.301. The maximum atomic E-state index is 13.6. The van der Waals surface area contributed by atoms with Gasteiger partial charge in [-0.3, -0.25) is 9.59 Å². The Morgan fingerprint density at radius 2 is 1.85 bits per heavy atom. The van der Waals surface area contributed by atoms with Gasteiger partial charge < -0.3 is 15.3 Å². The number of nitrogens with zero attached hydrogens (tertiary/aromatic N) is 1. The Bertz CT molecular complexity index is 811. The predicted octanol–water partition coefficient (Wildman–Crippen LogP) is 4.08. The molecule has 0 fully saturated rings. The third kappa shape index (κ3) is 4.81. The minimum absolute atomic E-state index is 0.0451. The maximum absolute atomic E-state index is 13.6. The highest BCUT2D eigenvalue weighted by atomic mass is 19.1. The monoisotopic (exact) mass is 358 g/mol. The molecule has 0 aromatic heterocycles. The molecule has 0 aliphatic heterocycles. The van der Waals surface area contributed by atoms with Crippen molar-refractivity contribution in [2.75, 3.05) is 23.8 Å². The molecule has 2 aromatic carbocycles. The van der Waals surface area contributed by atoms with Gasteiger partial charge in [0.2, 0.25) is 0 Å². The fraction of sp³-hybridized carbons (Fsp3) is 0.300. The molecule has 0 bridgehead atoms. The number of benzene rings is 2. The van der Waals surface area contributed by atoms with Crippen LogP contribution in [-0.4, -0.2) is 30.9 Å². The highest BCUT2D eigenvalue weighted by molar-refractivity contribution is 6.05. The molecule has 2 aromatic rings. The van der Waals surface area contributed by atoms with E-state index in [1.165, 1.54) is 0 Å². The number of phenols is 1. The zero-order valence-corrected chi connectivity index (χ0v) is 15.3. The van der Waals surface area contributed by atoms with Crippen LogP contribution in [0.2, 0.25) is 0 Å². The first kappa shape index (κ1) is 19.4. The Morgan fingerprint density at radius 1 is 1.23 bits per heavy atom. The highest BCUT2D eigenvalue weighted by Gasteiger charge is 2.16. The fourth-order valence-electron chi connectivity index (χ4n) is 2.65. The van der Waals surface area contributed by atoms with Crippen molar-refractivity contribution in [2.24, 2.45) is 5.41 Å². The van der Waals surface area contributed by atoms with Gasteiger partial charge in [0, 0.05) is 30.5 Å². The first-order valence-corrected chi connectivity index (χ1v) is 8.21. The average molecular weight is 358 g/mol. The summed E-state index contributed by atoms with van der Waals surface area (Å²) < 4.78 is 13.6. The third-order valence-corrected chi connectivity index (χ3v) is 3.76. The number of phenolic OH excluding ortho intramolecular Hbond substituents is 1. The van der Waals surface area contributed by atoms with Crippen molar-refractivity contribution in [1.82, 2.24) is 0 Å². The minimum atomic E-state index is -1.01. The Morgan fingerprint density at radius 3 is 2.38 bits per heavy atom. The van der Waals surface area contributed by atoms with E-state index in [1.807, 2.05) is 19.2 Å². The van der Waals surface area contributed by atoms with Crippen LogP contribution in [0.4, 0.5) is 15.8 Å². The number of anilines is 2. The molecule has 6 heteroatoms. The number of rotatable bonds is 5. The summed E-state index contributed by atoms with van der Waals surface area (Å²) in [5.74, 6) is -2.34. The summed E-state index contributed by atoms with van der Waals surface area (Å²) in [6.45, 7) is 7.34. The molecule has 0 heterocycles. The fourth-order valence-corrected chi connectivity index (χ4v) is 2.65. The SMILES string of the molecule is CN(CC(C)(C)C)c1ccc(NC(=O)c2cc(F)c(O)c(C=O)c2)cc1. The standard InChI is InChI=1S/C20H23FN2O3/c1-20(2,3)12-23(4)16-7-5-15(6-8-16)22-19(26)13-9-14(11-24)18(25)17(21)10-13/h5-11,25H,12H2,1-4H3,(H,22,26). The quantitative estimate of drug-likeness (QED) is 0.790. The van der Waals surface area contributed by atoms with Crippen LogP contribution in [0.5, 0.6) is 5.75 Å². The molecule has 26 heavy (non-hydrogen) atoms. The van der Waals surface area contributed by atoms with Crippen LogP contribution in [0.15, 0.2) is 36.4 Å². The summed E-state index contributed by atoms with van der Waals surface area (Å²) in [6, 6.07) is 9.31. The third-order valence-electron chi connectivity index (χ3n) is 3.76. The van der Waals surface area contributed by atoms with E-state index in [0.29, 0.717) is 12.0 Å². The second-order valence-corrected chi connectivity index (χ2v) is 7.43. The molecule has 0 unspecified atom stereocenters. The molecule has 0 aliphatic carbocycles. The van der Waals surface area contributed by atoms with Crippen molar-refractivity contribution < 1.29 is 19.1 Å². The van der Waals surface area contributed by atoms with Gasteiger partial charge in [0.05, 0.1) is 5.56 Å². The summed E-state index contributed by atoms with van der Waals surface area (Å²) >= 11 is 0. The second-order valence-electron chi connectivity index (χ2n) is 7.43. The largest absolute Gasteiger partial charge is 0.504 e. The molecule has 0 radical (unpaired) electrons. The van der Waals surface area contributed by atoms with Crippen molar-refractivity contribution in [3.05, 3.63) is 53.3 Å². The molecular weight excluding hydrogens is 335 g/mol.